The number of aliphatic carboxylic acids is 1. The van der Waals surface area contributed by atoms with Crippen molar-refractivity contribution in [3.63, 3.8) is 0 Å². The first-order valence-corrected chi connectivity index (χ1v) is 9.57. The van der Waals surface area contributed by atoms with Gasteiger partial charge in [-0.3, -0.25) is 9.36 Å². The first-order chi connectivity index (χ1) is 11.7. The number of carbonyl (C=O) groups excluding carboxylic acids is 1. The molecule has 1 aromatic rings. The second-order valence-corrected chi connectivity index (χ2v) is 8.10. The topological polar surface area (TPSA) is 110 Å². The minimum Gasteiger partial charge on any atom is -0.481 e. The molecule has 0 amide bonds. The molecule has 8 heteroatoms. The van der Waals surface area contributed by atoms with Crippen molar-refractivity contribution in [2.45, 2.75) is 25.9 Å². The predicted octanol–water partition coefficient (Wildman–Crippen LogP) is 1.95. The summed E-state index contributed by atoms with van der Waals surface area (Å²) in [6.07, 6.45) is -1.37. The van der Waals surface area contributed by atoms with Gasteiger partial charge < -0.3 is 19.5 Å². The fourth-order valence-electron chi connectivity index (χ4n) is 1.87. The average molecular weight is 370 g/mol. The summed E-state index contributed by atoms with van der Waals surface area (Å²) in [5.41, 5.74) is 0.257. The summed E-state index contributed by atoms with van der Waals surface area (Å²) in [7, 11) is -3.41. The molecule has 2 N–H and O–H groups in total. The summed E-state index contributed by atoms with van der Waals surface area (Å²) in [6.45, 7) is 4.68. The molecular formula is C17H23O7P. The van der Waals surface area contributed by atoms with Crippen molar-refractivity contribution >= 4 is 24.6 Å². The van der Waals surface area contributed by atoms with Crippen LogP contribution in [-0.4, -0.2) is 47.6 Å². The Balaban J connectivity index is 2.60. The van der Waals surface area contributed by atoms with Crippen LogP contribution in [0.2, 0.25) is 0 Å². The molecule has 0 heterocycles. The van der Waals surface area contributed by atoms with E-state index in [1.165, 1.54) is 6.92 Å². The number of aliphatic hydroxyl groups is 1. The summed E-state index contributed by atoms with van der Waals surface area (Å²) < 4.78 is 23.3. The molecule has 0 aliphatic carbocycles. The lowest BCUT2D eigenvalue weighted by Crippen LogP contribution is -2.21. The van der Waals surface area contributed by atoms with Crippen molar-refractivity contribution in [2.24, 2.45) is 0 Å². The molecule has 1 aromatic carbocycles. The van der Waals surface area contributed by atoms with Crippen LogP contribution < -0.4 is 5.30 Å². The summed E-state index contributed by atoms with van der Waals surface area (Å²) in [5, 5.41) is 19.1. The van der Waals surface area contributed by atoms with Gasteiger partial charge in [-0.15, -0.1) is 0 Å². The van der Waals surface area contributed by atoms with E-state index in [0.717, 1.165) is 0 Å². The van der Waals surface area contributed by atoms with E-state index in [-0.39, 0.29) is 37.8 Å². The zero-order valence-electron chi connectivity index (χ0n) is 14.1. The largest absolute Gasteiger partial charge is 0.481 e. The van der Waals surface area contributed by atoms with Gasteiger partial charge in [-0.1, -0.05) is 24.8 Å². The molecule has 0 aromatic heterocycles. The minimum absolute atomic E-state index is 0.0268. The van der Waals surface area contributed by atoms with Gasteiger partial charge in [-0.2, -0.15) is 0 Å². The third-order valence-corrected chi connectivity index (χ3v) is 5.74. The van der Waals surface area contributed by atoms with Gasteiger partial charge in [0.1, 0.15) is 0 Å². The highest BCUT2D eigenvalue weighted by molar-refractivity contribution is 7.67. The van der Waals surface area contributed by atoms with Crippen LogP contribution in [0.4, 0.5) is 0 Å². The van der Waals surface area contributed by atoms with Crippen LogP contribution in [0.15, 0.2) is 42.5 Å². The quantitative estimate of drug-likeness (QED) is 0.348. The van der Waals surface area contributed by atoms with Crippen molar-refractivity contribution in [1.82, 2.24) is 0 Å². The van der Waals surface area contributed by atoms with Crippen molar-refractivity contribution in [1.29, 1.82) is 0 Å². The van der Waals surface area contributed by atoms with Gasteiger partial charge in [0, 0.05) is 23.5 Å². The lowest BCUT2D eigenvalue weighted by Gasteiger charge is -2.20. The maximum atomic E-state index is 13.0. The summed E-state index contributed by atoms with van der Waals surface area (Å²) in [6, 6.07) is 8.31. The molecule has 1 rings (SSSR count). The Morgan fingerprint density at radius 1 is 1.28 bits per heavy atom. The van der Waals surface area contributed by atoms with E-state index in [2.05, 4.69) is 6.58 Å². The van der Waals surface area contributed by atoms with E-state index in [9.17, 15) is 19.3 Å². The number of ether oxygens (including phenoxy) is 1. The van der Waals surface area contributed by atoms with Gasteiger partial charge >= 0.3 is 11.9 Å². The van der Waals surface area contributed by atoms with Crippen LogP contribution >= 0.6 is 7.37 Å². The Morgan fingerprint density at radius 3 is 2.48 bits per heavy atom. The Labute approximate surface area is 146 Å². The van der Waals surface area contributed by atoms with E-state index in [1.807, 2.05) is 0 Å². The highest BCUT2D eigenvalue weighted by Crippen LogP contribution is 2.46. The number of carboxylic acids is 1. The Kier molecular flexibility index (Phi) is 8.55. The van der Waals surface area contributed by atoms with Crippen LogP contribution in [0.1, 0.15) is 19.8 Å². The number of carbonyl (C=O) groups is 2. The molecule has 0 aliphatic heterocycles. The van der Waals surface area contributed by atoms with Crippen molar-refractivity contribution in [2.75, 3.05) is 19.4 Å². The predicted molar refractivity (Wildman–Crippen MR) is 93.2 cm³/mol. The number of hydrogen-bond donors (Lipinski definition) is 2. The van der Waals surface area contributed by atoms with Crippen molar-refractivity contribution in [3.05, 3.63) is 42.5 Å². The smallest absolute Gasteiger partial charge is 0.333 e. The SMILES string of the molecule is C=C(C)C(=O)OCCC(O)COP(=O)(CCC(=O)O)c1ccccc1. The van der Waals surface area contributed by atoms with Crippen LogP contribution in [0.3, 0.4) is 0 Å². The maximum absolute atomic E-state index is 13.0. The molecule has 0 bridgehead atoms. The zero-order chi connectivity index (χ0) is 18.9. The van der Waals surface area contributed by atoms with E-state index in [4.69, 9.17) is 14.4 Å². The van der Waals surface area contributed by atoms with Crippen molar-refractivity contribution in [3.8, 4) is 0 Å². The van der Waals surface area contributed by atoms with E-state index in [1.54, 1.807) is 30.3 Å². The van der Waals surface area contributed by atoms with Crippen LogP contribution in [-0.2, 0) is 23.4 Å². The lowest BCUT2D eigenvalue weighted by molar-refractivity contribution is -0.139. The third kappa shape index (κ3) is 7.65. The highest BCUT2D eigenvalue weighted by atomic mass is 31.2. The summed E-state index contributed by atoms with van der Waals surface area (Å²) >= 11 is 0. The molecule has 0 radical (unpaired) electrons. The molecule has 0 saturated heterocycles. The zero-order valence-corrected chi connectivity index (χ0v) is 15.0. The second kappa shape index (κ2) is 10.1. The van der Waals surface area contributed by atoms with Gasteiger partial charge in [-0.05, 0) is 19.1 Å². The maximum Gasteiger partial charge on any atom is 0.333 e. The number of hydrogen-bond acceptors (Lipinski definition) is 6. The monoisotopic (exact) mass is 370 g/mol. The Bertz CT molecular complexity index is 642. The van der Waals surface area contributed by atoms with E-state index < -0.39 is 25.4 Å². The first kappa shape index (κ1) is 21.1. The molecular weight excluding hydrogens is 347 g/mol. The number of esters is 1. The number of benzene rings is 1. The Morgan fingerprint density at radius 2 is 1.92 bits per heavy atom. The molecule has 138 valence electrons. The average Bonchev–Trinajstić information content (AvgIpc) is 2.58. The van der Waals surface area contributed by atoms with E-state index >= 15 is 0 Å². The molecule has 25 heavy (non-hydrogen) atoms. The first-order valence-electron chi connectivity index (χ1n) is 7.76. The second-order valence-electron chi connectivity index (χ2n) is 5.53. The molecule has 2 unspecified atom stereocenters. The third-order valence-electron chi connectivity index (χ3n) is 3.28. The minimum atomic E-state index is -3.41. The number of aliphatic hydroxyl groups excluding tert-OH is 1. The molecule has 7 nitrogen and oxygen atoms in total. The van der Waals surface area contributed by atoms with Crippen LogP contribution in [0.5, 0.6) is 0 Å². The van der Waals surface area contributed by atoms with Gasteiger partial charge in [0.25, 0.3) is 0 Å². The molecule has 0 spiro atoms. The van der Waals surface area contributed by atoms with Gasteiger partial charge in [0.15, 0.2) is 0 Å². The number of rotatable bonds is 11. The fraction of sp³-hybridized carbons (Fsp3) is 0.412. The molecule has 0 aliphatic rings. The summed E-state index contributed by atoms with van der Waals surface area (Å²) in [5.74, 6) is -1.63. The Hall–Kier alpha value is -1.95. The van der Waals surface area contributed by atoms with Gasteiger partial charge in [-0.25, -0.2) is 4.79 Å². The summed E-state index contributed by atoms with van der Waals surface area (Å²) in [4.78, 5) is 22.0. The molecule has 0 fully saturated rings. The molecule has 0 saturated carbocycles. The van der Waals surface area contributed by atoms with Crippen LogP contribution in [0, 0.1) is 0 Å². The fourth-order valence-corrected chi connectivity index (χ4v) is 3.93. The standard InChI is InChI=1S/C17H23O7P/c1-13(2)17(21)23-10-8-14(18)12-24-25(22,11-9-16(19)20)15-6-4-3-5-7-15/h3-7,14,18H,1,8-12H2,2H3,(H,19,20). The van der Waals surface area contributed by atoms with Gasteiger partial charge in [0.2, 0.25) is 7.37 Å². The van der Waals surface area contributed by atoms with Crippen molar-refractivity contribution < 1.29 is 33.6 Å². The van der Waals surface area contributed by atoms with E-state index in [0.29, 0.717) is 5.30 Å². The normalized spacial score (nSPS) is 14.3. The lowest BCUT2D eigenvalue weighted by atomic mass is 10.3. The van der Waals surface area contributed by atoms with Crippen LogP contribution in [0.25, 0.3) is 0 Å². The highest BCUT2D eigenvalue weighted by Gasteiger charge is 2.27. The number of carboxylic acid groups (broad SMARTS) is 1. The van der Waals surface area contributed by atoms with Gasteiger partial charge in [0.05, 0.1) is 25.7 Å². The molecule has 2 atom stereocenters.